The SMILES string of the molecule is Nc1c2ncnc-2ncn1[C@@H]1O[C@]2(CO)CO[C@H]1[C@H]2O. The summed E-state index contributed by atoms with van der Waals surface area (Å²) in [6.07, 6.45) is 0.682. The number of aliphatic hydroxyl groups excluding tert-OH is 2. The number of aliphatic hydroxyl groups is 2. The first-order valence-electron chi connectivity index (χ1n) is 6.18. The van der Waals surface area contributed by atoms with Gasteiger partial charge in [-0.05, 0) is 0 Å². The van der Waals surface area contributed by atoms with Gasteiger partial charge in [-0.1, -0.05) is 0 Å². The maximum Gasteiger partial charge on any atom is 0.184 e. The first-order valence-corrected chi connectivity index (χ1v) is 6.18. The van der Waals surface area contributed by atoms with Gasteiger partial charge in [-0.3, -0.25) is 4.57 Å². The van der Waals surface area contributed by atoms with Crippen LogP contribution in [0.1, 0.15) is 6.23 Å². The molecule has 4 rings (SSSR count). The van der Waals surface area contributed by atoms with Crippen LogP contribution >= 0.6 is 0 Å². The molecule has 0 saturated carbocycles. The summed E-state index contributed by atoms with van der Waals surface area (Å²) in [6.45, 7) is -0.175. The number of nitrogen functional groups attached to an aromatic ring is 1. The second-order valence-electron chi connectivity index (χ2n) is 5.03. The van der Waals surface area contributed by atoms with Gasteiger partial charge in [-0.2, -0.15) is 0 Å². The van der Waals surface area contributed by atoms with E-state index in [0.29, 0.717) is 17.3 Å². The molecule has 20 heavy (non-hydrogen) atoms. The third-order valence-corrected chi connectivity index (χ3v) is 3.95. The van der Waals surface area contributed by atoms with E-state index >= 15 is 0 Å². The van der Waals surface area contributed by atoms with Gasteiger partial charge in [-0.25, -0.2) is 15.0 Å². The zero-order chi connectivity index (χ0) is 13.9. The number of rotatable bonds is 2. The Hall–Kier alpha value is -1.81. The van der Waals surface area contributed by atoms with Crippen LogP contribution in [0, 0.1) is 0 Å². The van der Waals surface area contributed by atoms with E-state index < -0.39 is 24.0 Å². The van der Waals surface area contributed by atoms with Crippen LogP contribution in [0.5, 0.6) is 0 Å². The lowest BCUT2D eigenvalue weighted by Gasteiger charge is -2.30. The van der Waals surface area contributed by atoms with E-state index in [2.05, 4.69) is 15.0 Å². The molecule has 0 unspecified atom stereocenters. The fraction of sp³-hybridized carbons (Fsp3) is 0.545. The van der Waals surface area contributed by atoms with Crippen molar-refractivity contribution in [3.05, 3.63) is 12.7 Å². The van der Waals surface area contributed by atoms with Crippen LogP contribution in [-0.2, 0) is 9.47 Å². The number of aromatic nitrogens is 4. The van der Waals surface area contributed by atoms with Gasteiger partial charge in [0, 0.05) is 0 Å². The van der Waals surface area contributed by atoms with E-state index in [4.69, 9.17) is 15.2 Å². The van der Waals surface area contributed by atoms with Gasteiger partial charge in [-0.15, -0.1) is 0 Å². The predicted octanol–water partition coefficient (Wildman–Crippen LogP) is -1.62. The maximum atomic E-state index is 10.2. The summed E-state index contributed by atoms with van der Waals surface area (Å²) < 4.78 is 12.8. The van der Waals surface area contributed by atoms with E-state index in [9.17, 15) is 10.2 Å². The molecule has 4 atom stereocenters. The number of hydrogen-bond donors (Lipinski definition) is 3. The van der Waals surface area contributed by atoms with Gasteiger partial charge in [0.2, 0.25) is 0 Å². The van der Waals surface area contributed by atoms with E-state index in [-0.39, 0.29) is 13.2 Å². The van der Waals surface area contributed by atoms with Crippen molar-refractivity contribution in [3.8, 4) is 11.5 Å². The van der Waals surface area contributed by atoms with Crippen LogP contribution in [0.2, 0.25) is 0 Å². The summed E-state index contributed by atoms with van der Waals surface area (Å²) in [4.78, 5) is 12.1. The Morgan fingerprint density at radius 2 is 2.30 bits per heavy atom. The molecule has 2 saturated heterocycles. The van der Waals surface area contributed by atoms with Crippen molar-refractivity contribution in [2.45, 2.75) is 24.0 Å². The molecular formula is C11H13N5O4. The molecule has 0 aliphatic carbocycles. The van der Waals surface area contributed by atoms with Crippen LogP contribution in [0.4, 0.5) is 5.82 Å². The lowest BCUT2D eigenvalue weighted by Crippen LogP contribution is -2.44. The minimum Gasteiger partial charge on any atom is -0.393 e. The number of nitrogens with zero attached hydrogens (tertiary/aromatic N) is 4. The van der Waals surface area contributed by atoms with Gasteiger partial charge < -0.3 is 25.4 Å². The Labute approximate surface area is 113 Å². The highest BCUT2D eigenvalue weighted by molar-refractivity contribution is 5.64. The zero-order valence-electron chi connectivity index (χ0n) is 10.4. The lowest BCUT2D eigenvalue weighted by molar-refractivity contribution is -0.186. The summed E-state index contributed by atoms with van der Waals surface area (Å²) in [6, 6.07) is 0. The Morgan fingerprint density at radius 1 is 1.45 bits per heavy atom. The highest BCUT2D eigenvalue weighted by Gasteiger charge is 2.61. The third kappa shape index (κ3) is 1.32. The normalized spacial score (nSPS) is 36.0. The highest BCUT2D eigenvalue weighted by Crippen LogP contribution is 2.45. The van der Waals surface area contributed by atoms with Crippen molar-refractivity contribution in [1.82, 2.24) is 19.5 Å². The standard InChI is InChI=1S/C11H13N5O4/c12-8-5-9(14-3-13-5)15-4-16(8)10-6-7(18)11(1-17,20-10)2-19-6/h3-4,6-7,10,17-18H,1-2,12H2/t6-,7+,10+,11+/m0/s1. The zero-order valence-corrected chi connectivity index (χ0v) is 10.4. The fourth-order valence-electron chi connectivity index (χ4n) is 2.79. The van der Waals surface area contributed by atoms with E-state index in [1.54, 1.807) is 4.57 Å². The number of fused-ring (bicyclic) bond motifs is 3. The fourth-order valence-corrected chi connectivity index (χ4v) is 2.79. The topological polar surface area (TPSA) is 129 Å². The molecule has 0 amide bonds. The van der Waals surface area contributed by atoms with Gasteiger partial charge in [0.15, 0.2) is 12.1 Å². The molecular weight excluding hydrogens is 266 g/mol. The van der Waals surface area contributed by atoms with Crippen LogP contribution in [0.15, 0.2) is 12.7 Å². The largest absolute Gasteiger partial charge is 0.393 e. The van der Waals surface area contributed by atoms with Crippen molar-refractivity contribution < 1.29 is 19.7 Å². The number of ether oxygens (including phenoxy) is 2. The van der Waals surface area contributed by atoms with Crippen LogP contribution in [-0.4, -0.2) is 60.8 Å². The molecule has 0 spiro atoms. The Balaban J connectivity index is 1.78. The van der Waals surface area contributed by atoms with E-state index in [1.807, 2.05) is 0 Å². The third-order valence-electron chi connectivity index (χ3n) is 3.95. The second-order valence-corrected chi connectivity index (χ2v) is 5.03. The Morgan fingerprint density at radius 3 is 3.05 bits per heavy atom. The van der Waals surface area contributed by atoms with Gasteiger partial charge in [0.05, 0.1) is 13.2 Å². The maximum absolute atomic E-state index is 10.2. The molecule has 9 heteroatoms. The van der Waals surface area contributed by atoms with Gasteiger partial charge in [0.25, 0.3) is 0 Å². The Kier molecular flexibility index (Phi) is 2.31. The molecule has 2 bridgehead atoms. The van der Waals surface area contributed by atoms with Crippen LogP contribution in [0.3, 0.4) is 0 Å². The van der Waals surface area contributed by atoms with Crippen molar-refractivity contribution in [2.75, 3.05) is 18.9 Å². The number of nitrogens with two attached hydrogens (primary N) is 1. The molecule has 9 nitrogen and oxygen atoms in total. The average molecular weight is 279 g/mol. The first kappa shape index (κ1) is 12.0. The molecule has 0 radical (unpaired) electrons. The van der Waals surface area contributed by atoms with Crippen molar-refractivity contribution >= 4 is 5.82 Å². The summed E-state index contributed by atoms with van der Waals surface area (Å²) in [7, 11) is 0. The molecule has 0 aromatic rings. The lowest BCUT2D eigenvalue weighted by atomic mass is 10.0. The van der Waals surface area contributed by atoms with Crippen molar-refractivity contribution in [3.63, 3.8) is 0 Å². The molecule has 106 valence electrons. The average Bonchev–Trinajstić information content (AvgIpc) is 3.13. The second kappa shape index (κ2) is 3.85. The summed E-state index contributed by atoms with van der Waals surface area (Å²) in [5.74, 6) is 0.772. The monoisotopic (exact) mass is 279 g/mol. The first-order chi connectivity index (χ1) is 9.66. The summed E-state index contributed by atoms with van der Waals surface area (Å²) in [5, 5.41) is 19.6. The van der Waals surface area contributed by atoms with E-state index in [0.717, 1.165) is 0 Å². The number of anilines is 1. The quantitative estimate of drug-likeness (QED) is 0.598. The predicted molar refractivity (Wildman–Crippen MR) is 64.5 cm³/mol. The molecule has 4 aliphatic heterocycles. The number of hydrogen-bond acceptors (Lipinski definition) is 8. The van der Waals surface area contributed by atoms with Crippen LogP contribution < -0.4 is 5.73 Å². The molecule has 4 N–H and O–H groups in total. The number of imidazole rings is 1. The van der Waals surface area contributed by atoms with E-state index in [1.165, 1.54) is 12.7 Å². The van der Waals surface area contributed by atoms with Crippen molar-refractivity contribution in [1.29, 1.82) is 0 Å². The molecule has 4 aliphatic rings. The molecule has 2 fully saturated rings. The molecule has 4 heterocycles. The van der Waals surface area contributed by atoms with Crippen LogP contribution in [0.25, 0.3) is 11.5 Å². The van der Waals surface area contributed by atoms with Crippen molar-refractivity contribution in [2.24, 2.45) is 0 Å². The van der Waals surface area contributed by atoms with Gasteiger partial charge in [0.1, 0.15) is 42.0 Å². The molecule has 0 aromatic heterocycles. The Bertz CT molecular complexity index is 633. The minimum atomic E-state index is -1.10. The smallest absolute Gasteiger partial charge is 0.184 e. The minimum absolute atomic E-state index is 0.151. The highest BCUT2D eigenvalue weighted by atomic mass is 16.7. The van der Waals surface area contributed by atoms with Gasteiger partial charge >= 0.3 is 0 Å². The summed E-state index contributed by atoms with van der Waals surface area (Å²) in [5.41, 5.74) is 5.41. The summed E-state index contributed by atoms with van der Waals surface area (Å²) >= 11 is 0. The molecule has 0 aromatic carbocycles.